The van der Waals surface area contributed by atoms with E-state index in [4.69, 9.17) is 0 Å². The summed E-state index contributed by atoms with van der Waals surface area (Å²) < 4.78 is 1.65. The van der Waals surface area contributed by atoms with Crippen LogP contribution >= 0.6 is 0 Å². The zero-order chi connectivity index (χ0) is 9.97. The normalized spacial score (nSPS) is 10.6. The third-order valence-corrected chi connectivity index (χ3v) is 2.10. The van der Waals surface area contributed by atoms with Crippen LogP contribution in [0.4, 0.5) is 0 Å². The number of hydrogen-bond acceptors (Lipinski definition) is 3. The van der Waals surface area contributed by atoms with E-state index in [9.17, 15) is 4.79 Å². The van der Waals surface area contributed by atoms with Crippen LogP contribution in [0.15, 0.2) is 18.6 Å². The summed E-state index contributed by atoms with van der Waals surface area (Å²) in [5.74, 6) is 0. The van der Waals surface area contributed by atoms with Gasteiger partial charge in [0.25, 0.3) is 0 Å². The molecule has 0 atom stereocenters. The summed E-state index contributed by atoms with van der Waals surface area (Å²) in [6.07, 6.45) is 8.08. The van der Waals surface area contributed by atoms with E-state index in [0.717, 1.165) is 24.7 Å². The topological polar surface area (TPSA) is 47.3 Å². The summed E-state index contributed by atoms with van der Waals surface area (Å²) in [6.45, 7) is 2.12. The lowest BCUT2D eigenvalue weighted by Crippen LogP contribution is -1.94. The van der Waals surface area contributed by atoms with Gasteiger partial charge in [-0.2, -0.15) is 5.10 Å². The van der Waals surface area contributed by atoms with Gasteiger partial charge in [-0.3, -0.25) is 4.79 Å². The van der Waals surface area contributed by atoms with E-state index in [1.807, 2.05) is 6.20 Å². The molecule has 0 unspecified atom stereocenters. The van der Waals surface area contributed by atoms with Crippen molar-refractivity contribution in [1.29, 1.82) is 0 Å². The van der Waals surface area contributed by atoms with Crippen LogP contribution in [0, 0.1) is 0 Å². The summed E-state index contributed by atoms with van der Waals surface area (Å²) in [7, 11) is 0. The molecule has 0 saturated heterocycles. The van der Waals surface area contributed by atoms with Gasteiger partial charge >= 0.3 is 0 Å². The molecule has 4 nitrogen and oxygen atoms in total. The Balaban J connectivity index is 2.51. The fraction of sp³-hybridized carbons (Fsp3) is 0.300. The van der Waals surface area contributed by atoms with Crippen LogP contribution in [-0.2, 0) is 6.42 Å². The van der Waals surface area contributed by atoms with E-state index in [1.165, 1.54) is 6.20 Å². The van der Waals surface area contributed by atoms with Crippen molar-refractivity contribution in [2.24, 2.45) is 0 Å². The molecule has 0 radical (unpaired) electrons. The molecule has 0 aliphatic rings. The quantitative estimate of drug-likeness (QED) is 0.687. The second-order valence-electron chi connectivity index (χ2n) is 3.20. The molecule has 72 valence electrons. The van der Waals surface area contributed by atoms with Crippen molar-refractivity contribution in [3.05, 3.63) is 29.7 Å². The summed E-state index contributed by atoms with van der Waals surface area (Å²) in [4.78, 5) is 14.8. The summed E-state index contributed by atoms with van der Waals surface area (Å²) in [5, 5.41) is 4.06. The number of carbonyl (C=O) groups is 1. The van der Waals surface area contributed by atoms with E-state index in [2.05, 4.69) is 17.0 Å². The van der Waals surface area contributed by atoms with Crippen LogP contribution in [0.5, 0.6) is 0 Å². The summed E-state index contributed by atoms with van der Waals surface area (Å²) >= 11 is 0. The third kappa shape index (κ3) is 1.39. The Hall–Kier alpha value is -1.71. The molecule has 2 aromatic heterocycles. The van der Waals surface area contributed by atoms with Crippen LogP contribution < -0.4 is 0 Å². The molecule has 0 fully saturated rings. The van der Waals surface area contributed by atoms with Crippen molar-refractivity contribution < 1.29 is 4.79 Å². The molecular weight excluding hydrogens is 178 g/mol. The van der Waals surface area contributed by atoms with Gasteiger partial charge in [0.2, 0.25) is 0 Å². The van der Waals surface area contributed by atoms with Gasteiger partial charge in [0.1, 0.15) is 0 Å². The third-order valence-electron chi connectivity index (χ3n) is 2.10. The lowest BCUT2D eigenvalue weighted by molar-refractivity contribution is 0.112. The van der Waals surface area contributed by atoms with Gasteiger partial charge < -0.3 is 0 Å². The maximum atomic E-state index is 10.6. The number of aldehydes is 1. The zero-order valence-electron chi connectivity index (χ0n) is 7.97. The molecule has 0 aromatic carbocycles. The fourth-order valence-corrected chi connectivity index (χ4v) is 1.43. The Morgan fingerprint density at radius 2 is 2.36 bits per heavy atom. The monoisotopic (exact) mass is 189 g/mol. The molecule has 0 spiro atoms. The van der Waals surface area contributed by atoms with Crippen molar-refractivity contribution in [3.63, 3.8) is 0 Å². The first-order chi connectivity index (χ1) is 6.85. The first-order valence-electron chi connectivity index (χ1n) is 4.62. The van der Waals surface area contributed by atoms with Crippen LogP contribution in [0.2, 0.25) is 0 Å². The van der Waals surface area contributed by atoms with Crippen molar-refractivity contribution >= 4 is 11.9 Å². The lowest BCUT2D eigenvalue weighted by atomic mass is 10.2. The van der Waals surface area contributed by atoms with Crippen LogP contribution in [0.3, 0.4) is 0 Å². The number of hydrogen-bond donors (Lipinski definition) is 0. The van der Waals surface area contributed by atoms with Gasteiger partial charge in [0.05, 0.1) is 11.8 Å². The fourth-order valence-electron chi connectivity index (χ4n) is 1.43. The number of fused-ring (bicyclic) bond motifs is 1. The molecule has 14 heavy (non-hydrogen) atoms. The largest absolute Gasteiger partial charge is 0.298 e. The van der Waals surface area contributed by atoms with Crippen molar-refractivity contribution in [1.82, 2.24) is 14.6 Å². The first-order valence-corrected chi connectivity index (χ1v) is 4.62. The lowest BCUT2D eigenvalue weighted by Gasteiger charge is -1.98. The van der Waals surface area contributed by atoms with E-state index in [0.29, 0.717) is 11.2 Å². The molecule has 2 aromatic rings. The average molecular weight is 189 g/mol. The molecule has 0 aliphatic heterocycles. The predicted molar refractivity (Wildman–Crippen MR) is 52.4 cm³/mol. The van der Waals surface area contributed by atoms with Gasteiger partial charge in [-0.15, -0.1) is 0 Å². The average Bonchev–Trinajstić information content (AvgIpc) is 2.60. The number of nitrogens with zero attached hydrogens (tertiary/aromatic N) is 3. The molecule has 0 aliphatic carbocycles. The van der Waals surface area contributed by atoms with Crippen molar-refractivity contribution in [2.45, 2.75) is 19.8 Å². The Morgan fingerprint density at radius 1 is 1.50 bits per heavy atom. The van der Waals surface area contributed by atoms with Gasteiger partial charge in [-0.05, 0) is 12.0 Å². The Kier molecular flexibility index (Phi) is 2.26. The van der Waals surface area contributed by atoms with E-state index < -0.39 is 0 Å². The second kappa shape index (κ2) is 3.57. The number of aromatic nitrogens is 3. The van der Waals surface area contributed by atoms with Gasteiger partial charge in [0.15, 0.2) is 11.9 Å². The van der Waals surface area contributed by atoms with Crippen LogP contribution in [0.25, 0.3) is 5.65 Å². The zero-order valence-corrected chi connectivity index (χ0v) is 7.97. The predicted octanol–water partition coefficient (Wildman–Crippen LogP) is 1.49. The Morgan fingerprint density at radius 3 is 3.07 bits per heavy atom. The number of aryl methyl sites for hydroxylation is 1. The number of carbonyl (C=O) groups excluding carboxylic acids is 1. The van der Waals surface area contributed by atoms with E-state index in [1.54, 1.807) is 10.7 Å². The van der Waals surface area contributed by atoms with Gasteiger partial charge in [-0.25, -0.2) is 9.50 Å². The molecule has 0 saturated carbocycles. The molecule has 0 N–H and O–H groups in total. The Bertz CT molecular complexity index is 461. The molecule has 4 heteroatoms. The van der Waals surface area contributed by atoms with E-state index in [-0.39, 0.29) is 0 Å². The highest BCUT2D eigenvalue weighted by Crippen LogP contribution is 2.07. The highest BCUT2D eigenvalue weighted by molar-refractivity contribution is 5.83. The van der Waals surface area contributed by atoms with Gasteiger partial charge in [0, 0.05) is 12.4 Å². The van der Waals surface area contributed by atoms with Crippen LogP contribution in [-0.4, -0.2) is 20.9 Å². The second-order valence-corrected chi connectivity index (χ2v) is 3.20. The summed E-state index contributed by atoms with van der Waals surface area (Å²) in [6, 6.07) is 0. The highest BCUT2D eigenvalue weighted by atomic mass is 16.1. The maximum absolute atomic E-state index is 10.6. The van der Waals surface area contributed by atoms with Crippen LogP contribution in [0.1, 0.15) is 29.3 Å². The first kappa shape index (κ1) is 8.87. The minimum atomic E-state index is 0.535. The molecule has 2 heterocycles. The maximum Gasteiger partial charge on any atom is 0.165 e. The summed E-state index contributed by atoms with van der Waals surface area (Å²) in [5.41, 5.74) is 2.30. The standard InChI is InChI=1S/C10H11N3O/c1-2-3-8-4-11-10-9(7-14)5-12-13(10)6-8/h4-7H,2-3H2,1H3. The molecule has 2 rings (SSSR count). The SMILES string of the molecule is CCCc1cnc2c(C=O)cnn2c1. The van der Waals surface area contributed by atoms with E-state index >= 15 is 0 Å². The molecule has 0 bridgehead atoms. The Labute approximate surface area is 81.6 Å². The minimum absolute atomic E-state index is 0.535. The molecule has 0 amide bonds. The van der Waals surface area contributed by atoms with Gasteiger partial charge in [-0.1, -0.05) is 13.3 Å². The molecular formula is C10H11N3O. The highest BCUT2D eigenvalue weighted by Gasteiger charge is 2.04. The minimum Gasteiger partial charge on any atom is -0.298 e. The van der Waals surface area contributed by atoms with Crippen molar-refractivity contribution in [3.8, 4) is 0 Å². The smallest absolute Gasteiger partial charge is 0.165 e. The van der Waals surface area contributed by atoms with Crippen molar-refractivity contribution in [2.75, 3.05) is 0 Å². The number of rotatable bonds is 3.